The van der Waals surface area contributed by atoms with Gasteiger partial charge in [-0.05, 0) is 24.3 Å². The van der Waals surface area contributed by atoms with Gasteiger partial charge in [0.25, 0.3) is 0 Å². The molecule has 1 aliphatic heterocycles. The fraction of sp³-hybridized carbons (Fsp3) is 0.389. The minimum absolute atomic E-state index is 0.0144. The Bertz CT molecular complexity index is 847. The first-order valence-electron chi connectivity index (χ1n) is 8.86. The first-order valence-corrected chi connectivity index (χ1v) is 8.86. The molecule has 0 atom stereocenters. The van der Waals surface area contributed by atoms with Crippen molar-refractivity contribution >= 4 is 17.5 Å². The molecule has 12 heteroatoms. The molecule has 162 valence electrons. The van der Waals surface area contributed by atoms with Crippen molar-refractivity contribution in [1.82, 2.24) is 14.9 Å². The fourth-order valence-corrected chi connectivity index (χ4v) is 2.99. The zero-order chi connectivity index (χ0) is 21.9. The number of hydrogen-bond donors (Lipinski definition) is 1. The molecule has 3 rings (SSSR count). The van der Waals surface area contributed by atoms with E-state index >= 15 is 0 Å². The van der Waals surface area contributed by atoms with Crippen molar-refractivity contribution < 1.29 is 31.1 Å². The van der Waals surface area contributed by atoms with Gasteiger partial charge in [-0.25, -0.2) is 9.97 Å². The van der Waals surface area contributed by atoms with Gasteiger partial charge in [0.05, 0.1) is 17.7 Å². The monoisotopic (exact) mass is 433 g/mol. The summed E-state index contributed by atoms with van der Waals surface area (Å²) in [4.78, 5) is 24.1. The van der Waals surface area contributed by atoms with Gasteiger partial charge < -0.3 is 10.2 Å². The number of nitrogens with one attached hydrogen (secondary N) is 1. The molecule has 0 radical (unpaired) electrons. The highest BCUT2D eigenvalue weighted by atomic mass is 19.4. The van der Waals surface area contributed by atoms with Gasteiger partial charge in [0.1, 0.15) is 0 Å². The first-order chi connectivity index (χ1) is 14.0. The lowest BCUT2D eigenvalue weighted by Crippen LogP contribution is -2.49. The molecule has 0 unspecified atom stereocenters. The maximum absolute atomic E-state index is 12.9. The topological polar surface area (TPSA) is 61.4 Å². The summed E-state index contributed by atoms with van der Waals surface area (Å²) in [5.74, 6) is -0.155. The van der Waals surface area contributed by atoms with Crippen molar-refractivity contribution in [3.63, 3.8) is 0 Å². The van der Waals surface area contributed by atoms with Crippen molar-refractivity contribution in [3.05, 3.63) is 47.8 Å². The number of amides is 1. The number of hydrogen-bond acceptors (Lipinski definition) is 5. The van der Waals surface area contributed by atoms with Crippen LogP contribution in [0.2, 0.25) is 0 Å². The lowest BCUT2D eigenvalue weighted by Gasteiger charge is -2.34. The maximum Gasteiger partial charge on any atom is 0.416 e. The molecule has 0 bridgehead atoms. The number of aromatic nitrogens is 2. The molecule has 0 spiro atoms. The molecule has 0 aliphatic carbocycles. The Morgan fingerprint density at radius 2 is 1.43 bits per heavy atom. The molecule has 1 aliphatic rings. The number of nitrogens with zero attached hydrogens (tertiary/aromatic N) is 4. The summed E-state index contributed by atoms with van der Waals surface area (Å²) in [5, 5.41) is 2.14. The van der Waals surface area contributed by atoms with Crippen molar-refractivity contribution in [2.24, 2.45) is 0 Å². The lowest BCUT2D eigenvalue weighted by molar-refractivity contribution is -0.143. The smallest absolute Gasteiger partial charge is 0.338 e. The summed E-state index contributed by atoms with van der Waals surface area (Å²) in [6, 6.07) is 2.66. The SMILES string of the molecule is O=C(CN1CCN(c2ncccn2)CC1)Nc1cc(C(F)(F)F)cc(C(F)(F)F)c1. The van der Waals surface area contributed by atoms with Crippen LogP contribution in [0.25, 0.3) is 0 Å². The van der Waals surface area contributed by atoms with Crippen molar-refractivity contribution in [2.75, 3.05) is 42.9 Å². The molecule has 1 saturated heterocycles. The van der Waals surface area contributed by atoms with Crippen LogP contribution < -0.4 is 10.2 Å². The van der Waals surface area contributed by atoms with Crippen LogP contribution in [-0.2, 0) is 17.1 Å². The summed E-state index contributed by atoms with van der Waals surface area (Å²) >= 11 is 0. The van der Waals surface area contributed by atoms with Crippen LogP contribution in [0.3, 0.4) is 0 Å². The van der Waals surface area contributed by atoms with E-state index in [4.69, 9.17) is 0 Å². The first kappa shape index (κ1) is 21.8. The second-order valence-corrected chi connectivity index (χ2v) is 6.65. The van der Waals surface area contributed by atoms with Crippen LogP contribution in [0.1, 0.15) is 11.1 Å². The number of benzene rings is 1. The van der Waals surface area contributed by atoms with Crippen LogP contribution in [0.5, 0.6) is 0 Å². The Kier molecular flexibility index (Phi) is 6.15. The molecule has 6 nitrogen and oxygen atoms in total. The molecule has 1 N–H and O–H groups in total. The third kappa shape index (κ3) is 5.59. The Morgan fingerprint density at radius 1 is 0.900 bits per heavy atom. The molecular weight excluding hydrogens is 416 g/mol. The van der Waals surface area contributed by atoms with Gasteiger partial charge in [0.15, 0.2) is 0 Å². The van der Waals surface area contributed by atoms with E-state index in [-0.39, 0.29) is 12.6 Å². The van der Waals surface area contributed by atoms with E-state index in [0.29, 0.717) is 44.3 Å². The van der Waals surface area contributed by atoms with E-state index in [1.165, 1.54) is 0 Å². The number of piperazine rings is 1. The van der Waals surface area contributed by atoms with Crippen molar-refractivity contribution in [3.8, 4) is 0 Å². The third-order valence-electron chi connectivity index (χ3n) is 4.45. The predicted molar refractivity (Wildman–Crippen MR) is 95.8 cm³/mol. The summed E-state index contributed by atoms with van der Waals surface area (Å²) in [5.41, 5.74) is -3.52. The Labute approximate surface area is 167 Å². The minimum atomic E-state index is -4.98. The van der Waals surface area contributed by atoms with E-state index in [0.717, 1.165) is 0 Å². The van der Waals surface area contributed by atoms with E-state index in [1.807, 2.05) is 4.90 Å². The van der Waals surface area contributed by atoms with Crippen LogP contribution >= 0.6 is 0 Å². The zero-order valence-electron chi connectivity index (χ0n) is 15.5. The second kappa shape index (κ2) is 8.46. The molecule has 1 aromatic carbocycles. The molecule has 1 amide bonds. The standard InChI is InChI=1S/C18H17F6N5O/c19-17(20,21)12-8-13(18(22,23)24)10-14(9-12)27-15(30)11-28-4-6-29(7-5-28)16-25-2-1-3-26-16/h1-3,8-10H,4-7,11H2,(H,27,30). The van der Waals surface area contributed by atoms with Gasteiger partial charge in [-0.15, -0.1) is 0 Å². The zero-order valence-corrected chi connectivity index (χ0v) is 15.5. The lowest BCUT2D eigenvalue weighted by atomic mass is 10.1. The Hall–Kier alpha value is -2.89. The molecule has 1 aromatic heterocycles. The quantitative estimate of drug-likeness (QED) is 0.751. The Balaban J connectivity index is 1.62. The summed E-state index contributed by atoms with van der Waals surface area (Å²) in [6.07, 6.45) is -6.74. The molecular formula is C18H17F6N5O. The number of rotatable bonds is 4. The van der Waals surface area contributed by atoms with E-state index < -0.39 is 35.1 Å². The van der Waals surface area contributed by atoms with Crippen molar-refractivity contribution in [1.29, 1.82) is 0 Å². The van der Waals surface area contributed by atoms with Gasteiger partial charge in [-0.1, -0.05) is 0 Å². The maximum atomic E-state index is 12.9. The van der Waals surface area contributed by atoms with Gasteiger partial charge in [0, 0.05) is 44.3 Å². The fourth-order valence-electron chi connectivity index (χ4n) is 2.99. The number of carbonyl (C=O) groups is 1. The minimum Gasteiger partial charge on any atom is -0.338 e. The van der Waals surface area contributed by atoms with Gasteiger partial charge in [0.2, 0.25) is 11.9 Å². The number of alkyl halides is 6. The second-order valence-electron chi connectivity index (χ2n) is 6.65. The van der Waals surface area contributed by atoms with E-state index in [2.05, 4.69) is 15.3 Å². The number of anilines is 2. The molecule has 1 fully saturated rings. The van der Waals surface area contributed by atoms with Gasteiger partial charge >= 0.3 is 12.4 Å². The molecule has 2 aromatic rings. The number of carbonyl (C=O) groups excluding carboxylic acids is 1. The van der Waals surface area contributed by atoms with E-state index in [9.17, 15) is 31.1 Å². The highest BCUT2D eigenvalue weighted by molar-refractivity contribution is 5.92. The third-order valence-corrected chi connectivity index (χ3v) is 4.45. The molecule has 30 heavy (non-hydrogen) atoms. The summed E-state index contributed by atoms with van der Waals surface area (Å²) in [6.45, 7) is 1.81. The van der Waals surface area contributed by atoms with Crippen LogP contribution in [0, 0.1) is 0 Å². The van der Waals surface area contributed by atoms with Crippen LogP contribution in [-0.4, -0.2) is 53.5 Å². The average molecular weight is 433 g/mol. The van der Waals surface area contributed by atoms with Crippen molar-refractivity contribution in [2.45, 2.75) is 12.4 Å². The predicted octanol–water partition coefficient (Wildman–Crippen LogP) is 3.27. The summed E-state index contributed by atoms with van der Waals surface area (Å²) < 4.78 is 77.5. The largest absolute Gasteiger partial charge is 0.416 e. The highest BCUT2D eigenvalue weighted by Crippen LogP contribution is 2.37. The van der Waals surface area contributed by atoms with Crippen LogP contribution in [0.4, 0.5) is 38.0 Å². The van der Waals surface area contributed by atoms with Gasteiger partial charge in [-0.2, -0.15) is 26.3 Å². The highest BCUT2D eigenvalue weighted by Gasteiger charge is 2.37. The number of halogens is 6. The molecule has 0 saturated carbocycles. The summed E-state index contributed by atoms with van der Waals surface area (Å²) in [7, 11) is 0. The van der Waals surface area contributed by atoms with Crippen LogP contribution in [0.15, 0.2) is 36.7 Å². The Morgan fingerprint density at radius 3 is 1.93 bits per heavy atom. The average Bonchev–Trinajstić information content (AvgIpc) is 2.67. The van der Waals surface area contributed by atoms with E-state index in [1.54, 1.807) is 23.4 Å². The van der Waals surface area contributed by atoms with Gasteiger partial charge in [-0.3, -0.25) is 9.69 Å². The molecule has 2 heterocycles. The normalized spacial score (nSPS) is 15.9.